The van der Waals surface area contributed by atoms with E-state index in [1.54, 1.807) is 25.1 Å². The van der Waals surface area contributed by atoms with E-state index >= 15 is 0 Å². The van der Waals surface area contributed by atoms with Crippen LogP contribution in [-0.4, -0.2) is 30.3 Å². The predicted octanol–water partition coefficient (Wildman–Crippen LogP) is 1.17. The van der Waals surface area contributed by atoms with Crippen molar-refractivity contribution >= 4 is 11.6 Å². The molecule has 0 radical (unpaired) electrons. The van der Waals surface area contributed by atoms with Gasteiger partial charge in [-0.25, -0.2) is 0 Å². The summed E-state index contributed by atoms with van der Waals surface area (Å²) in [5, 5.41) is 12.0. The smallest absolute Gasteiger partial charge is 0.251 e. The van der Waals surface area contributed by atoms with Crippen LogP contribution in [0.25, 0.3) is 0 Å². The first-order valence-electron chi connectivity index (χ1n) is 5.86. The van der Waals surface area contributed by atoms with Crippen LogP contribution in [0.1, 0.15) is 30.6 Å². The van der Waals surface area contributed by atoms with Crippen LogP contribution in [0, 0.1) is 0 Å². The quantitative estimate of drug-likeness (QED) is 0.687. The fourth-order valence-corrected chi connectivity index (χ4v) is 1.73. The van der Waals surface area contributed by atoms with Gasteiger partial charge in [0.25, 0.3) is 5.91 Å². The number of ether oxygens (including phenoxy) is 1. The number of nitrogens with one attached hydrogen (secondary N) is 1. The molecule has 0 saturated heterocycles. The Hall–Kier alpha value is -1.75. The van der Waals surface area contributed by atoms with E-state index in [4.69, 9.17) is 10.5 Å². The van der Waals surface area contributed by atoms with E-state index in [-0.39, 0.29) is 11.9 Å². The maximum Gasteiger partial charge on any atom is 0.251 e. The highest BCUT2D eigenvalue weighted by molar-refractivity contribution is 5.95. The molecular weight excluding hydrogens is 232 g/mol. The molecule has 5 nitrogen and oxygen atoms in total. The zero-order valence-corrected chi connectivity index (χ0v) is 10.9. The van der Waals surface area contributed by atoms with Gasteiger partial charge in [0.1, 0.15) is 5.75 Å². The summed E-state index contributed by atoms with van der Waals surface area (Å²) in [5.74, 6) is 0.271. The van der Waals surface area contributed by atoms with E-state index in [9.17, 15) is 9.90 Å². The minimum absolute atomic E-state index is 0.0963. The molecule has 0 aliphatic heterocycles. The van der Waals surface area contributed by atoms with E-state index < -0.39 is 6.10 Å². The third-order valence-electron chi connectivity index (χ3n) is 2.57. The van der Waals surface area contributed by atoms with Gasteiger partial charge in [0.05, 0.1) is 18.9 Å². The van der Waals surface area contributed by atoms with Crippen LogP contribution in [0.5, 0.6) is 5.75 Å². The van der Waals surface area contributed by atoms with E-state index in [1.165, 1.54) is 7.11 Å². The average Bonchev–Trinajstić information content (AvgIpc) is 2.28. The van der Waals surface area contributed by atoms with Gasteiger partial charge in [0, 0.05) is 11.6 Å². The molecule has 0 spiro atoms. The molecule has 1 amide bonds. The highest BCUT2D eigenvalue weighted by Crippen LogP contribution is 2.22. The van der Waals surface area contributed by atoms with Crippen LogP contribution in [-0.2, 0) is 0 Å². The normalized spacial score (nSPS) is 13.8. The lowest BCUT2D eigenvalue weighted by Gasteiger charge is -2.16. The molecule has 2 unspecified atom stereocenters. The first-order chi connectivity index (χ1) is 8.43. The number of hydrogen-bond donors (Lipinski definition) is 3. The summed E-state index contributed by atoms with van der Waals surface area (Å²) in [6.45, 7) is 3.54. The van der Waals surface area contributed by atoms with Crippen LogP contribution in [0.3, 0.4) is 0 Å². The highest BCUT2D eigenvalue weighted by atomic mass is 16.5. The summed E-state index contributed by atoms with van der Waals surface area (Å²) in [6, 6.07) is 4.77. The minimum atomic E-state index is -0.443. The SMILES string of the molecule is COc1cc(C(=O)NC(C)CC(C)O)ccc1N. The Morgan fingerprint density at radius 2 is 2.17 bits per heavy atom. The summed E-state index contributed by atoms with van der Waals surface area (Å²) in [7, 11) is 1.50. The van der Waals surface area contributed by atoms with E-state index in [2.05, 4.69) is 5.32 Å². The van der Waals surface area contributed by atoms with Crippen molar-refractivity contribution in [2.75, 3.05) is 12.8 Å². The first kappa shape index (κ1) is 14.3. The molecule has 100 valence electrons. The van der Waals surface area contributed by atoms with Crippen molar-refractivity contribution in [3.8, 4) is 5.75 Å². The molecule has 0 aromatic heterocycles. The number of carbonyl (C=O) groups excluding carboxylic acids is 1. The second-order valence-corrected chi connectivity index (χ2v) is 4.42. The van der Waals surface area contributed by atoms with Crippen LogP contribution >= 0.6 is 0 Å². The van der Waals surface area contributed by atoms with Crippen LogP contribution < -0.4 is 15.8 Å². The molecule has 1 rings (SSSR count). The second kappa shape index (κ2) is 6.26. The zero-order valence-electron chi connectivity index (χ0n) is 10.9. The topological polar surface area (TPSA) is 84.6 Å². The Bertz CT molecular complexity index is 419. The van der Waals surface area contributed by atoms with Gasteiger partial charge in [-0.05, 0) is 38.5 Å². The molecule has 0 fully saturated rings. The van der Waals surface area contributed by atoms with Gasteiger partial charge in [0.2, 0.25) is 0 Å². The number of carbonyl (C=O) groups is 1. The first-order valence-corrected chi connectivity index (χ1v) is 5.86. The number of aliphatic hydroxyl groups excluding tert-OH is 1. The number of aliphatic hydroxyl groups is 1. The molecule has 0 aliphatic rings. The number of benzene rings is 1. The van der Waals surface area contributed by atoms with Gasteiger partial charge in [-0.1, -0.05) is 0 Å². The number of amides is 1. The van der Waals surface area contributed by atoms with Crippen molar-refractivity contribution < 1.29 is 14.6 Å². The van der Waals surface area contributed by atoms with Gasteiger partial charge >= 0.3 is 0 Å². The lowest BCUT2D eigenvalue weighted by Crippen LogP contribution is -2.34. The van der Waals surface area contributed by atoms with E-state index in [0.717, 1.165) is 0 Å². The molecule has 4 N–H and O–H groups in total. The lowest BCUT2D eigenvalue weighted by atomic mass is 10.1. The lowest BCUT2D eigenvalue weighted by molar-refractivity contribution is 0.0922. The fourth-order valence-electron chi connectivity index (χ4n) is 1.73. The Balaban J connectivity index is 2.72. The molecule has 1 aromatic carbocycles. The summed E-state index contributed by atoms with van der Waals surface area (Å²) in [5.41, 5.74) is 6.65. The van der Waals surface area contributed by atoms with E-state index in [0.29, 0.717) is 23.4 Å². The standard InChI is InChI=1S/C13H20N2O3/c1-8(6-9(2)16)15-13(17)10-4-5-11(14)12(7-10)18-3/h4-5,7-9,16H,6,14H2,1-3H3,(H,15,17). The second-order valence-electron chi connectivity index (χ2n) is 4.42. The number of methoxy groups -OCH3 is 1. The summed E-state index contributed by atoms with van der Waals surface area (Å²) in [6.07, 6.45) is 0.0685. The average molecular weight is 252 g/mol. The monoisotopic (exact) mass is 252 g/mol. The molecule has 0 saturated carbocycles. The van der Waals surface area contributed by atoms with Crippen molar-refractivity contribution in [1.29, 1.82) is 0 Å². The molecule has 0 bridgehead atoms. The molecule has 18 heavy (non-hydrogen) atoms. The number of nitrogen functional groups attached to an aromatic ring is 1. The fraction of sp³-hybridized carbons (Fsp3) is 0.462. The molecule has 2 atom stereocenters. The third kappa shape index (κ3) is 3.92. The van der Waals surface area contributed by atoms with Crippen LogP contribution in [0.4, 0.5) is 5.69 Å². The molecular formula is C13H20N2O3. The maximum atomic E-state index is 11.9. The van der Waals surface area contributed by atoms with Crippen molar-refractivity contribution in [3.05, 3.63) is 23.8 Å². The third-order valence-corrected chi connectivity index (χ3v) is 2.57. The molecule has 0 heterocycles. The van der Waals surface area contributed by atoms with Gasteiger partial charge in [-0.15, -0.1) is 0 Å². The largest absolute Gasteiger partial charge is 0.495 e. The van der Waals surface area contributed by atoms with Crippen molar-refractivity contribution in [3.63, 3.8) is 0 Å². The Morgan fingerprint density at radius 1 is 1.50 bits per heavy atom. The molecule has 1 aromatic rings. The zero-order chi connectivity index (χ0) is 13.7. The number of anilines is 1. The van der Waals surface area contributed by atoms with Gasteiger partial charge < -0.3 is 20.9 Å². The number of rotatable bonds is 5. The van der Waals surface area contributed by atoms with Gasteiger partial charge in [-0.2, -0.15) is 0 Å². The van der Waals surface area contributed by atoms with Gasteiger partial charge in [0.15, 0.2) is 0 Å². The highest BCUT2D eigenvalue weighted by Gasteiger charge is 2.13. The van der Waals surface area contributed by atoms with Crippen molar-refractivity contribution in [2.24, 2.45) is 0 Å². The Morgan fingerprint density at radius 3 is 2.72 bits per heavy atom. The molecule has 5 heteroatoms. The van der Waals surface area contributed by atoms with Gasteiger partial charge in [-0.3, -0.25) is 4.79 Å². The number of hydrogen-bond acceptors (Lipinski definition) is 4. The minimum Gasteiger partial charge on any atom is -0.495 e. The summed E-state index contributed by atoms with van der Waals surface area (Å²) < 4.78 is 5.06. The van der Waals surface area contributed by atoms with Crippen LogP contribution in [0.15, 0.2) is 18.2 Å². The Labute approximate surface area is 107 Å². The number of nitrogens with two attached hydrogens (primary N) is 1. The van der Waals surface area contributed by atoms with E-state index in [1.807, 2.05) is 6.92 Å². The summed E-state index contributed by atoms with van der Waals surface area (Å²) >= 11 is 0. The van der Waals surface area contributed by atoms with Crippen molar-refractivity contribution in [2.45, 2.75) is 32.4 Å². The van der Waals surface area contributed by atoms with Crippen molar-refractivity contribution in [1.82, 2.24) is 5.32 Å². The maximum absolute atomic E-state index is 11.9. The predicted molar refractivity (Wildman–Crippen MR) is 70.6 cm³/mol. The van der Waals surface area contributed by atoms with Crippen LogP contribution in [0.2, 0.25) is 0 Å². The molecule has 0 aliphatic carbocycles. The summed E-state index contributed by atoms with van der Waals surface area (Å²) in [4.78, 5) is 11.9. The Kier molecular flexibility index (Phi) is 4.97.